The average molecular weight is 194 g/mol. The van der Waals surface area contributed by atoms with Crippen molar-refractivity contribution in [3.05, 3.63) is 29.3 Å². The van der Waals surface area contributed by atoms with E-state index in [0.29, 0.717) is 12.8 Å². The van der Waals surface area contributed by atoms with Crippen LogP contribution in [0.5, 0.6) is 5.75 Å². The van der Waals surface area contributed by atoms with Gasteiger partial charge in [-0.1, -0.05) is 12.1 Å². The molecule has 1 aromatic rings. The lowest BCUT2D eigenvalue weighted by Crippen LogP contribution is -2.28. The molecule has 3 heteroatoms. The summed E-state index contributed by atoms with van der Waals surface area (Å²) in [6.45, 7) is 0.281. The molecule has 2 N–H and O–H groups in total. The monoisotopic (exact) mass is 194 g/mol. The standard InChI is InChI=1S/C11H14O3/c1-14-7-11(13)6-5-8-9(11)3-2-4-10(8)12/h2-4,12-13H,5-7H2,1H3. The topological polar surface area (TPSA) is 49.7 Å². The number of hydrogen-bond donors (Lipinski definition) is 2. The number of aromatic hydroxyl groups is 1. The Kier molecular flexibility index (Phi) is 2.21. The van der Waals surface area contributed by atoms with Gasteiger partial charge in [-0.25, -0.2) is 0 Å². The van der Waals surface area contributed by atoms with Crippen LogP contribution in [0.4, 0.5) is 0 Å². The highest BCUT2D eigenvalue weighted by atomic mass is 16.5. The fourth-order valence-electron chi connectivity index (χ4n) is 2.13. The molecule has 1 aromatic carbocycles. The van der Waals surface area contributed by atoms with E-state index in [4.69, 9.17) is 4.74 Å². The Bertz CT molecular complexity index is 348. The molecule has 0 amide bonds. The molecule has 0 saturated heterocycles. The molecule has 76 valence electrons. The molecule has 0 bridgehead atoms. The second-order valence-corrected chi connectivity index (χ2v) is 3.77. The zero-order chi connectivity index (χ0) is 10.2. The number of aliphatic hydroxyl groups is 1. The van der Waals surface area contributed by atoms with Crippen molar-refractivity contribution >= 4 is 0 Å². The molecule has 1 aliphatic carbocycles. The van der Waals surface area contributed by atoms with Crippen LogP contribution in [0.15, 0.2) is 18.2 Å². The largest absolute Gasteiger partial charge is 0.508 e. The molecule has 0 radical (unpaired) electrons. The molecule has 0 aliphatic heterocycles. The number of benzene rings is 1. The minimum absolute atomic E-state index is 0.273. The maximum absolute atomic E-state index is 10.2. The Morgan fingerprint density at radius 2 is 2.29 bits per heavy atom. The number of rotatable bonds is 2. The molecule has 1 aliphatic rings. The Morgan fingerprint density at radius 3 is 3.00 bits per heavy atom. The van der Waals surface area contributed by atoms with Gasteiger partial charge in [0.1, 0.15) is 11.4 Å². The van der Waals surface area contributed by atoms with Gasteiger partial charge in [0.25, 0.3) is 0 Å². The highest BCUT2D eigenvalue weighted by Crippen LogP contribution is 2.40. The van der Waals surface area contributed by atoms with Crippen molar-refractivity contribution in [1.29, 1.82) is 0 Å². The number of fused-ring (bicyclic) bond motifs is 1. The van der Waals surface area contributed by atoms with Gasteiger partial charge in [0.05, 0.1) is 6.61 Å². The first-order valence-corrected chi connectivity index (χ1v) is 4.70. The quantitative estimate of drug-likeness (QED) is 0.743. The molecular formula is C11H14O3. The van der Waals surface area contributed by atoms with Crippen molar-refractivity contribution in [2.75, 3.05) is 13.7 Å². The Morgan fingerprint density at radius 1 is 1.50 bits per heavy atom. The maximum Gasteiger partial charge on any atom is 0.119 e. The van der Waals surface area contributed by atoms with Crippen molar-refractivity contribution in [2.45, 2.75) is 18.4 Å². The summed E-state index contributed by atoms with van der Waals surface area (Å²) in [5.74, 6) is 0.273. The zero-order valence-electron chi connectivity index (χ0n) is 8.16. The van der Waals surface area contributed by atoms with Gasteiger partial charge in [-0.05, 0) is 24.5 Å². The average Bonchev–Trinajstić information content (AvgIpc) is 2.47. The summed E-state index contributed by atoms with van der Waals surface area (Å²) in [6.07, 6.45) is 1.33. The molecule has 1 atom stereocenters. The molecule has 14 heavy (non-hydrogen) atoms. The Hall–Kier alpha value is -1.06. The molecule has 0 spiro atoms. The van der Waals surface area contributed by atoms with E-state index in [0.717, 1.165) is 11.1 Å². The van der Waals surface area contributed by atoms with Crippen LogP contribution >= 0.6 is 0 Å². The zero-order valence-corrected chi connectivity index (χ0v) is 8.16. The van der Waals surface area contributed by atoms with Crippen molar-refractivity contribution in [2.24, 2.45) is 0 Å². The van der Waals surface area contributed by atoms with Gasteiger partial charge in [-0.15, -0.1) is 0 Å². The van der Waals surface area contributed by atoms with Crippen LogP contribution in [0, 0.1) is 0 Å². The molecule has 0 heterocycles. The Balaban J connectivity index is 2.44. The molecule has 3 nitrogen and oxygen atoms in total. The van der Waals surface area contributed by atoms with Crippen molar-refractivity contribution < 1.29 is 14.9 Å². The van der Waals surface area contributed by atoms with Gasteiger partial charge in [0.15, 0.2) is 0 Å². The van der Waals surface area contributed by atoms with Crippen molar-refractivity contribution in [1.82, 2.24) is 0 Å². The highest BCUT2D eigenvalue weighted by molar-refractivity contribution is 5.45. The minimum Gasteiger partial charge on any atom is -0.508 e. The van der Waals surface area contributed by atoms with E-state index in [1.54, 1.807) is 19.2 Å². The third-order valence-electron chi connectivity index (χ3n) is 2.82. The molecule has 1 unspecified atom stereocenters. The van der Waals surface area contributed by atoms with Crippen LogP contribution in [0.25, 0.3) is 0 Å². The van der Waals surface area contributed by atoms with E-state index >= 15 is 0 Å². The number of hydrogen-bond acceptors (Lipinski definition) is 3. The molecule has 0 fully saturated rings. The lowest BCUT2D eigenvalue weighted by molar-refractivity contribution is -0.0341. The summed E-state index contributed by atoms with van der Waals surface area (Å²) in [6, 6.07) is 5.25. The predicted octanol–water partition coefficient (Wildman–Crippen LogP) is 1.17. The summed E-state index contributed by atoms with van der Waals surface area (Å²) < 4.78 is 4.99. The van der Waals surface area contributed by atoms with E-state index in [1.165, 1.54) is 0 Å². The second-order valence-electron chi connectivity index (χ2n) is 3.77. The van der Waals surface area contributed by atoms with E-state index in [2.05, 4.69) is 0 Å². The molecule has 2 rings (SSSR count). The van der Waals surface area contributed by atoms with E-state index in [9.17, 15) is 10.2 Å². The smallest absolute Gasteiger partial charge is 0.119 e. The summed E-state index contributed by atoms with van der Waals surface area (Å²) in [7, 11) is 1.57. The predicted molar refractivity (Wildman–Crippen MR) is 52.2 cm³/mol. The van der Waals surface area contributed by atoms with Gasteiger partial charge < -0.3 is 14.9 Å². The van der Waals surface area contributed by atoms with E-state index in [1.807, 2.05) is 6.07 Å². The van der Waals surface area contributed by atoms with E-state index < -0.39 is 5.60 Å². The van der Waals surface area contributed by atoms with Crippen molar-refractivity contribution in [3.8, 4) is 5.75 Å². The number of ether oxygens (including phenoxy) is 1. The first-order chi connectivity index (χ1) is 6.67. The van der Waals surface area contributed by atoms with Crippen LogP contribution in [-0.2, 0) is 16.8 Å². The molecular weight excluding hydrogens is 180 g/mol. The van der Waals surface area contributed by atoms with Gasteiger partial charge in [-0.3, -0.25) is 0 Å². The molecule has 0 saturated carbocycles. The van der Waals surface area contributed by atoms with Crippen LogP contribution in [-0.4, -0.2) is 23.9 Å². The van der Waals surface area contributed by atoms with Gasteiger partial charge in [0, 0.05) is 12.7 Å². The second kappa shape index (κ2) is 3.26. The van der Waals surface area contributed by atoms with Crippen LogP contribution in [0.1, 0.15) is 17.5 Å². The number of phenolic OH excluding ortho intramolecular Hbond substituents is 1. The third-order valence-corrected chi connectivity index (χ3v) is 2.82. The summed E-state index contributed by atoms with van der Waals surface area (Å²) in [5.41, 5.74) is 0.745. The van der Waals surface area contributed by atoms with Crippen LogP contribution in [0.2, 0.25) is 0 Å². The number of methoxy groups -OCH3 is 1. The first-order valence-electron chi connectivity index (χ1n) is 4.70. The molecule has 0 aromatic heterocycles. The van der Waals surface area contributed by atoms with Gasteiger partial charge in [0.2, 0.25) is 0 Å². The lowest BCUT2D eigenvalue weighted by atomic mass is 9.97. The lowest BCUT2D eigenvalue weighted by Gasteiger charge is -2.22. The Labute approximate surface area is 83.0 Å². The normalized spacial score (nSPS) is 25.0. The summed E-state index contributed by atoms with van der Waals surface area (Å²) >= 11 is 0. The van der Waals surface area contributed by atoms with E-state index in [-0.39, 0.29) is 12.4 Å². The summed E-state index contributed by atoms with van der Waals surface area (Å²) in [4.78, 5) is 0. The third kappa shape index (κ3) is 1.29. The van der Waals surface area contributed by atoms with Crippen LogP contribution in [0.3, 0.4) is 0 Å². The van der Waals surface area contributed by atoms with Crippen molar-refractivity contribution in [3.63, 3.8) is 0 Å². The van der Waals surface area contributed by atoms with Gasteiger partial charge >= 0.3 is 0 Å². The fraction of sp³-hybridized carbons (Fsp3) is 0.455. The minimum atomic E-state index is -0.914. The maximum atomic E-state index is 10.2. The first kappa shape index (κ1) is 9.49. The summed E-state index contributed by atoms with van der Waals surface area (Å²) in [5, 5.41) is 19.8. The van der Waals surface area contributed by atoms with Crippen LogP contribution < -0.4 is 0 Å². The SMILES string of the molecule is COCC1(O)CCc2c(O)cccc21. The number of phenols is 1. The fourth-order valence-corrected chi connectivity index (χ4v) is 2.13. The van der Waals surface area contributed by atoms with Gasteiger partial charge in [-0.2, -0.15) is 0 Å². The highest BCUT2D eigenvalue weighted by Gasteiger charge is 2.37.